The molecule has 0 radical (unpaired) electrons. The summed E-state index contributed by atoms with van der Waals surface area (Å²) in [6.45, 7) is 0. The van der Waals surface area contributed by atoms with Gasteiger partial charge in [-0.15, -0.1) is 10.2 Å². The van der Waals surface area contributed by atoms with Crippen LogP contribution < -0.4 is 0 Å². The molecule has 6 heteroatoms. The lowest BCUT2D eigenvalue weighted by Crippen LogP contribution is -2.43. The van der Waals surface area contributed by atoms with Crippen molar-refractivity contribution in [2.24, 2.45) is 7.05 Å². The van der Waals surface area contributed by atoms with Crippen molar-refractivity contribution in [2.75, 3.05) is 0 Å². The predicted molar refractivity (Wildman–Crippen MR) is 61.2 cm³/mol. The van der Waals surface area contributed by atoms with Gasteiger partial charge in [-0.05, 0) is 18.1 Å². The maximum absolute atomic E-state index is 10.5. The van der Waals surface area contributed by atoms with Crippen LogP contribution in [0.5, 0.6) is 0 Å². The molecule has 1 heterocycles. The Morgan fingerprint density at radius 1 is 1.29 bits per heavy atom. The van der Waals surface area contributed by atoms with Crippen LogP contribution in [0, 0.1) is 0 Å². The molecule has 1 unspecified atom stereocenters. The van der Waals surface area contributed by atoms with Gasteiger partial charge in [0.1, 0.15) is 0 Å². The van der Waals surface area contributed by atoms with Crippen molar-refractivity contribution in [3.8, 4) is 0 Å². The van der Waals surface area contributed by atoms with Crippen molar-refractivity contribution in [1.82, 2.24) is 20.2 Å². The van der Waals surface area contributed by atoms with Crippen LogP contribution in [0.2, 0.25) is 0 Å². The summed E-state index contributed by atoms with van der Waals surface area (Å²) in [7, 11) is 1.68. The van der Waals surface area contributed by atoms with Gasteiger partial charge >= 0.3 is 0 Å². The highest BCUT2D eigenvalue weighted by atomic mass is 16.3. The Hall–Kier alpha value is -1.01. The first-order chi connectivity index (χ1) is 8.10. The van der Waals surface area contributed by atoms with E-state index < -0.39 is 11.7 Å². The largest absolute Gasteiger partial charge is 0.390 e. The summed E-state index contributed by atoms with van der Waals surface area (Å²) < 4.78 is 0. The molecule has 0 spiro atoms. The molecule has 1 aromatic heterocycles. The number of hydrogen-bond donors (Lipinski definition) is 2. The van der Waals surface area contributed by atoms with E-state index in [0.717, 1.165) is 25.7 Å². The van der Waals surface area contributed by atoms with Crippen molar-refractivity contribution in [3.63, 3.8) is 0 Å². The number of aromatic nitrogens is 4. The molecule has 0 amide bonds. The highest BCUT2D eigenvalue weighted by Crippen LogP contribution is 2.30. The van der Waals surface area contributed by atoms with E-state index in [1.54, 1.807) is 7.05 Å². The zero-order chi connectivity index (χ0) is 12.3. The summed E-state index contributed by atoms with van der Waals surface area (Å²) in [5, 5.41) is 32.2. The standard InChI is InChI=1S/C11H20N4O2/c1-15-13-10(12-14-15)8-9(16)11(17)6-4-2-3-5-7-11/h9,16-17H,2-8H2,1H3. The van der Waals surface area contributed by atoms with E-state index in [9.17, 15) is 10.2 Å². The lowest BCUT2D eigenvalue weighted by Gasteiger charge is -2.31. The highest BCUT2D eigenvalue weighted by Gasteiger charge is 2.36. The molecular weight excluding hydrogens is 220 g/mol. The minimum atomic E-state index is -0.976. The van der Waals surface area contributed by atoms with E-state index in [4.69, 9.17) is 0 Å². The third-order valence-electron chi connectivity index (χ3n) is 3.52. The molecule has 17 heavy (non-hydrogen) atoms. The Morgan fingerprint density at radius 3 is 2.47 bits per heavy atom. The summed E-state index contributed by atoms with van der Waals surface area (Å²) in [5.41, 5.74) is -0.976. The van der Waals surface area contributed by atoms with Crippen molar-refractivity contribution >= 4 is 0 Å². The Labute approximate surface area is 101 Å². The van der Waals surface area contributed by atoms with Gasteiger partial charge in [0.2, 0.25) is 0 Å². The van der Waals surface area contributed by atoms with Crippen molar-refractivity contribution in [3.05, 3.63) is 5.82 Å². The molecule has 1 atom stereocenters. The average Bonchev–Trinajstić information content (AvgIpc) is 2.56. The Bertz CT molecular complexity index is 358. The van der Waals surface area contributed by atoms with Gasteiger partial charge in [-0.3, -0.25) is 0 Å². The third-order valence-corrected chi connectivity index (χ3v) is 3.52. The zero-order valence-electron chi connectivity index (χ0n) is 10.2. The van der Waals surface area contributed by atoms with Gasteiger partial charge in [0.05, 0.1) is 18.8 Å². The summed E-state index contributed by atoms with van der Waals surface area (Å²) >= 11 is 0. The fourth-order valence-corrected chi connectivity index (χ4v) is 2.44. The smallest absolute Gasteiger partial charge is 0.177 e. The number of rotatable bonds is 3. The van der Waals surface area contributed by atoms with E-state index in [1.807, 2.05) is 0 Å². The number of aliphatic hydroxyl groups is 2. The van der Waals surface area contributed by atoms with Crippen LogP contribution in [0.15, 0.2) is 0 Å². The molecule has 0 bridgehead atoms. The lowest BCUT2D eigenvalue weighted by atomic mass is 9.86. The molecule has 6 nitrogen and oxygen atoms in total. The highest BCUT2D eigenvalue weighted by molar-refractivity contribution is 4.93. The summed E-state index contributed by atoms with van der Waals surface area (Å²) in [6.07, 6.45) is 5.01. The molecule has 1 saturated carbocycles. The fraction of sp³-hybridized carbons (Fsp3) is 0.909. The number of tetrazole rings is 1. The molecular formula is C11H20N4O2. The molecule has 2 rings (SSSR count). The molecule has 2 N–H and O–H groups in total. The average molecular weight is 240 g/mol. The number of aryl methyl sites for hydroxylation is 1. The van der Waals surface area contributed by atoms with Gasteiger partial charge in [0, 0.05) is 6.42 Å². The maximum atomic E-state index is 10.5. The van der Waals surface area contributed by atoms with E-state index in [1.165, 1.54) is 4.80 Å². The molecule has 1 fully saturated rings. The SMILES string of the molecule is Cn1nnc(CC(O)C2(O)CCCCCC2)n1. The maximum Gasteiger partial charge on any atom is 0.177 e. The van der Waals surface area contributed by atoms with Crippen molar-refractivity contribution in [1.29, 1.82) is 0 Å². The number of aliphatic hydroxyl groups excluding tert-OH is 1. The zero-order valence-corrected chi connectivity index (χ0v) is 10.2. The second kappa shape index (κ2) is 5.10. The molecule has 1 aliphatic rings. The first-order valence-corrected chi connectivity index (χ1v) is 6.23. The summed E-state index contributed by atoms with van der Waals surface area (Å²) in [5.74, 6) is 0.484. The lowest BCUT2D eigenvalue weighted by molar-refractivity contribution is -0.0843. The normalized spacial score (nSPS) is 22.1. The molecule has 1 aromatic rings. The summed E-state index contributed by atoms with van der Waals surface area (Å²) in [6, 6.07) is 0. The third kappa shape index (κ3) is 3.01. The van der Waals surface area contributed by atoms with Crippen LogP contribution in [0.1, 0.15) is 44.3 Å². The number of hydrogen-bond acceptors (Lipinski definition) is 5. The molecule has 0 aliphatic heterocycles. The number of nitrogens with zero attached hydrogens (tertiary/aromatic N) is 4. The van der Waals surface area contributed by atoms with Crippen LogP contribution in [0.3, 0.4) is 0 Å². The van der Waals surface area contributed by atoms with Crippen LogP contribution in [-0.2, 0) is 13.5 Å². The van der Waals surface area contributed by atoms with E-state index in [2.05, 4.69) is 15.4 Å². The molecule has 0 aromatic carbocycles. The van der Waals surface area contributed by atoms with E-state index >= 15 is 0 Å². The Balaban J connectivity index is 2.00. The van der Waals surface area contributed by atoms with Crippen LogP contribution >= 0.6 is 0 Å². The predicted octanol–water partition coefficient (Wildman–Crippen LogP) is 0.199. The topological polar surface area (TPSA) is 84.1 Å². The van der Waals surface area contributed by atoms with Gasteiger partial charge in [0.15, 0.2) is 5.82 Å². The minimum absolute atomic E-state index is 0.268. The Morgan fingerprint density at radius 2 is 1.94 bits per heavy atom. The van der Waals surface area contributed by atoms with Gasteiger partial charge in [0.25, 0.3) is 0 Å². The second-order valence-electron chi connectivity index (χ2n) is 4.93. The first-order valence-electron chi connectivity index (χ1n) is 6.23. The van der Waals surface area contributed by atoms with E-state index in [-0.39, 0.29) is 6.42 Å². The van der Waals surface area contributed by atoms with E-state index in [0.29, 0.717) is 18.7 Å². The van der Waals surface area contributed by atoms with Gasteiger partial charge in [-0.25, -0.2) is 0 Å². The molecule has 96 valence electrons. The first kappa shape index (κ1) is 12.4. The van der Waals surface area contributed by atoms with Crippen LogP contribution in [0.4, 0.5) is 0 Å². The minimum Gasteiger partial charge on any atom is -0.390 e. The molecule has 1 aliphatic carbocycles. The monoisotopic (exact) mass is 240 g/mol. The fourth-order valence-electron chi connectivity index (χ4n) is 2.44. The summed E-state index contributed by atoms with van der Waals surface area (Å²) in [4.78, 5) is 1.36. The quantitative estimate of drug-likeness (QED) is 0.737. The van der Waals surface area contributed by atoms with Crippen molar-refractivity contribution in [2.45, 2.75) is 56.7 Å². The van der Waals surface area contributed by atoms with Gasteiger partial charge < -0.3 is 10.2 Å². The van der Waals surface area contributed by atoms with Gasteiger partial charge in [-0.2, -0.15) is 4.80 Å². The van der Waals surface area contributed by atoms with Crippen molar-refractivity contribution < 1.29 is 10.2 Å². The second-order valence-corrected chi connectivity index (χ2v) is 4.93. The molecule has 0 saturated heterocycles. The van der Waals surface area contributed by atoms with Gasteiger partial charge in [-0.1, -0.05) is 25.7 Å². The van der Waals surface area contributed by atoms with Crippen LogP contribution in [0.25, 0.3) is 0 Å². The van der Waals surface area contributed by atoms with Crippen LogP contribution in [-0.4, -0.2) is 42.1 Å². The Kier molecular flexibility index (Phi) is 3.73.